The predicted molar refractivity (Wildman–Crippen MR) is 80.9 cm³/mol. The van der Waals surface area contributed by atoms with Crippen LogP contribution in [0.4, 0.5) is 0 Å². The maximum absolute atomic E-state index is 4.64. The van der Waals surface area contributed by atoms with Crippen LogP contribution in [0.1, 0.15) is 52.9 Å². The fraction of sp³-hybridized carbons (Fsp3) is 1.00. The Hall–Kier alpha value is 0.310. The second-order valence-electron chi connectivity index (χ2n) is 6.33. The van der Waals surface area contributed by atoms with E-state index in [0.717, 1.165) is 17.6 Å². The molecule has 102 valence electrons. The molecule has 2 atom stereocenters. The molecule has 0 amide bonds. The molecule has 1 rings (SSSR count). The Bertz CT molecular complexity index is 211. The molecule has 1 saturated carbocycles. The van der Waals surface area contributed by atoms with E-state index in [1.165, 1.54) is 45.2 Å². The lowest BCUT2D eigenvalue weighted by atomic mass is 9.80. The molecular formula is C15H31NS. The van der Waals surface area contributed by atoms with Crippen LogP contribution in [0, 0.1) is 17.3 Å². The van der Waals surface area contributed by atoms with Gasteiger partial charge in [-0.3, -0.25) is 0 Å². The number of rotatable bonds is 9. The molecule has 17 heavy (non-hydrogen) atoms. The molecule has 2 unspecified atom stereocenters. The Labute approximate surface area is 114 Å². The Morgan fingerprint density at radius 3 is 2.12 bits per heavy atom. The van der Waals surface area contributed by atoms with E-state index in [9.17, 15) is 0 Å². The second-order valence-corrected chi connectivity index (χ2v) is 6.64. The zero-order chi connectivity index (χ0) is 12.9. The van der Waals surface area contributed by atoms with Crippen molar-refractivity contribution in [3.63, 3.8) is 0 Å². The van der Waals surface area contributed by atoms with Gasteiger partial charge in [0.2, 0.25) is 0 Å². The van der Waals surface area contributed by atoms with E-state index in [4.69, 9.17) is 0 Å². The van der Waals surface area contributed by atoms with Gasteiger partial charge in [-0.1, -0.05) is 33.6 Å². The normalized spacial score (nSPS) is 24.4. The molecule has 0 heterocycles. The molecule has 1 fully saturated rings. The highest BCUT2D eigenvalue weighted by Gasteiger charge is 2.35. The Balaban J connectivity index is 2.45. The third-order valence-corrected chi connectivity index (χ3v) is 4.99. The SMILES string of the molecule is CCCC(CS)(CCC)CN(C)CC1CC1C. The standard InChI is InChI=1S/C15H31NS/c1-5-7-15(12-17,8-6-2)11-16(4)10-14-9-13(14)3/h13-14,17H,5-12H2,1-4H3. The molecule has 0 spiro atoms. The summed E-state index contributed by atoms with van der Waals surface area (Å²) < 4.78 is 0. The quantitative estimate of drug-likeness (QED) is 0.609. The largest absolute Gasteiger partial charge is 0.306 e. The van der Waals surface area contributed by atoms with E-state index in [0.29, 0.717) is 5.41 Å². The summed E-state index contributed by atoms with van der Waals surface area (Å²) in [4.78, 5) is 2.57. The fourth-order valence-corrected chi connectivity index (χ4v) is 3.66. The minimum atomic E-state index is 0.458. The number of hydrogen-bond donors (Lipinski definition) is 1. The first-order chi connectivity index (χ1) is 8.06. The van der Waals surface area contributed by atoms with Crippen molar-refractivity contribution >= 4 is 12.6 Å². The van der Waals surface area contributed by atoms with E-state index in [-0.39, 0.29) is 0 Å². The van der Waals surface area contributed by atoms with Crippen molar-refractivity contribution in [2.45, 2.75) is 52.9 Å². The molecule has 0 aromatic carbocycles. The fourth-order valence-electron chi connectivity index (χ4n) is 3.24. The molecule has 0 N–H and O–H groups in total. The highest BCUT2D eigenvalue weighted by Crippen LogP contribution is 2.39. The highest BCUT2D eigenvalue weighted by molar-refractivity contribution is 7.80. The van der Waals surface area contributed by atoms with Crippen molar-refractivity contribution in [2.75, 3.05) is 25.9 Å². The summed E-state index contributed by atoms with van der Waals surface area (Å²) in [6, 6.07) is 0. The van der Waals surface area contributed by atoms with Crippen LogP contribution in [0.5, 0.6) is 0 Å². The van der Waals surface area contributed by atoms with Crippen LogP contribution in [-0.2, 0) is 0 Å². The van der Waals surface area contributed by atoms with Gasteiger partial charge < -0.3 is 4.90 Å². The van der Waals surface area contributed by atoms with Gasteiger partial charge in [-0.05, 0) is 49.3 Å². The van der Waals surface area contributed by atoms with Crippen LogP contribution < -0.4 is 0 Å². The Kier molecular flexibility index (Phi) is 6.36. The predicted octanol–water partition coefficient (Wildman–Crippen LogP) is 4.09. The van der Waals surface area contributed by atoms with Crippen LogP contribution in [0.3, 0.4) is 0 Å². The summed E-state index contributed by atoms with van der Waals surface area (Å²) in [5.41, 5.74) is 0.458. The molecule has 1 nitrogen and oxygen atoms in total. The van der Waals surface area contributed by atoms with Crippen LogP contribution in [-0.4, -0.2) is 30.8 Å². The minimum absolute atomic E-state index is 0.458. The van der Waals surface area contributed by atoms with Crippen molar-refractivity contribution in [3.05, 3.63) is 0 Å². The number of hydrogen-bond acceptors (Lipinski definition) is 2. The van der Waals surface area contributed by atoms with Crippen molar-refractivity contribution in [2.24, 2.45) is 17.3 Å². The van der Waals surface area contributed by atoms with Crippen LogP contribution in [0.25, 0.3) is 0 Å². The number of nitrogens with zero attached hydrogens (tertiary/aromatic N) is 1. The first kappa shape index (κ1) is 15.4. The van der Waals surface area contributed by atoms with Crippen molar-refractivity contribution in [1.29, 1.82) is 0 Å². The maximum atomic E-state index is 4.64. The minimum Gasteiger partial charge on any atom is -0.306 e. The van der Waals surface area contributed by atoms with E-state index in [2.05, 4.69) is 45.3 Å². The van der Waals surface area contributed by atoms with Gasteiger partial charge >= 0.3 is 0 Å². The molecule has 0 aliphatic heterocycles. The van der Waals surface area contributed by atoms with E-state index < -0.39 is 0 Å². The second kappa shape index (κ2) is 7.04. The first-order valence-corrected chi connectivity index (χ1v) is 7.99. The maximum Gasteiger partial charge on any atom is 0.00429 e. The van der Waals surface area contributed by atoms with Crippen LogP contribution >= 0.6 is 12.6 Å². The molecule has 1 aliphatic carbocycles. The first-order valence-electron chi connectivity index (χ1n) is 7.36. The third kappa shape index (κ3) is 4.82. The summed E-state index contributed by atoms with van der Waals surface area (Å²) in [6.07, 6.45) is 6.67. The van der Waals surface area contributed by atoms with Gasteiger partial charge in [-0.2, -0.15) is 12.6 Å². The molecule has 1 aliphatic rings. The van der Waals surface area contributed by atoms with Gasteiger partial charge in [0.1, 0.15) is 0 Å². The highest BCUT2D eigenvalue weighted by atomic mass is 32.1. The van der Waals surface area contributed by atoms with Crippen molar-refractivity contribution in [1.82, 2.24) is 4.90 Å². The zero-order valence-electron chi connectivity index (χ0n) is 12.2. The van der Waals surface area contributed by atoms with Gasteiger partial charge in [0.15, 0.2) is 0 Å². The third-order valence-electron chi connectivity index (χ3n) is 4.32. The van der Waals surface area contributed by atoms with Gasteiger partial charge in [-0.15, -0.1) is 0 Å². The van der Waals surface area contributed by atoms with E-state index in [1.54, 1.807) is 0 Å². The van der Waals surface area contributed by atoms with Crippen molar-refractivity contribution in [3.8, 4) is 0 Å². The number of thiol groups is 1. The topological polar surface area (TPSA) is 3.24 Å². The average Bonchev–Trinajstić information content (AvgIpc) is 2.94. The van der Waals surface area contributed by atoms with Crippen LogP contribution in [0.15, 0.2) is 0 Å². The monoisotopic (exact) mass is 257 g/mol. The zero-order valence-corrected chi connectivity index (χ0v) is 13.1. The molecule has 0 radical (unpaired) electrons. The molecule has 0 aromatic rings. The average molecular weight is 257 g/mol. The van der Waals surface area contributed by atoms with Crippen molar-refractivity contribution < 1.29 is 0 Å². The van der Waals surface area contributed by atoms with Gasteiger partial charge in [0.25, 0.3) is 0 Å². The molecule has 0 aromatic heterocycles. The summed E-state index contributed by atoms with van der Waals surface area (Å²) >= 11 is 4.64. The summed E-state index contributed by atoms with van der Waals surface area (Å²) in [6.45, 7) is 9.52. The van der Waals surface area contributed by atoms with E-state index in [1.807, 2.05) is 0 Å². The van der Waals surface area contributed by atoms with E-state index >= 15 is 0 Å². The smallest absolute Gasteiger partial charge is 0.00429 e. The Morgan fingerprint density at radius 2 is 1.76 bits per heavy atom. The van der Waals surface area contributed by atoms with Gasteiger partial charge in [-0.25, -0.2) is 0 Å². The van der Waals surface area contributed by atoms with Crippen LogP contribution in [0.2, 0.25) is 0 Å². The summed E-state index contributed by atoms with van der Waals surface area (Å²) in [7, 11) is 2.30. The molecule has 2 heteroatoms. The molecule has 0 saturated heterocycles. The lowest BCUT2D eigenvalue weighted by molar-refractivity contribution is 0.164. The van der Waals surface area contributed by atoms with Gasteiger partial charge in [0.05, 0.1) is 0 Å². The molecule has 0 bridgehead atoms. The summed E-state index contributed by atoms with van der Waals surface area (Å²) in [5, 5.41) is 0. The summed E-state index contributed by atoms with van der Waals surface area (Å²) in [5.74, 6) is 2.99. The lowest BCUT2D eigenvalue weighted by Gasteiger charge is -2.36. The lowest BCUT2D eigenvalue weighted by Crippen LogP contribution is -2.38. The Morgan fingerprint density at radius 1 is 1.24 bits per heavy atom. The molecular weight excluding hydrogens is 226 g/mol. The van der Waals surface area contributed by atoms with Gasteiger partial charge in [0, 0.05) is 13.1 Å².